The van der Waals surface area contributed by atoms with Crippen LogP contribution in [0, 0.1) is 5.21 Å². The third-order valence-corrected chi connectivity index (χ3v) is 3.60. The Morgan fingerprint density at radius 2 is 1.94 bits per heavy atom. The molecule has 17 heavy (non-hydrogen) atoms. The Labute approximate surface area is 97.7 Å². The molecule has 0 spiro atoms. The van der Waals surface area contributed by atoms with E-state index in [4.69, 9.17) is 5.73 Å². The Kier molecular flexibility index (Phi) is 2.28. The average molecular weight is 256 g/mol. The quantitative estimate of drug-likeness (QED) is 0.471. The first-order valence-corrected chi connectivity index (χ1v) is 5.29. The summed E-state index contributed by atoms with van der Waals surface area (Å²) in [4.78, 5) is 34.5. The van der Waals surface area contributed by atoms with Gasteiger partial charge in [-0.05, 0) is 11.3 Å². The summed E-state index contributed by atoms with van der Waals surface area (Å²) in [7, 11) is 2.66. The van der Waals surface area contributed by atoms with E-state index in [-0.39, 0.29) is 20.1 Å². The number of aryl methyl sites for hydroxylation is 1. The maximum atomic E-state index is 11.7. The molecule has 0 radical (unpaired) electrons. The molecule has 2 aromatic rings. The number of fused-ring (bicyclic) bond motifs is 1. The third-order valence-electron chi connectivity index (χ3n) is 2.38. The lowest BCUT2D eigenvalue weighted by Gasteiger charge is -2.00. The summed E-state index contributed by atoms with van der Waals surface area (Å²) in [5, 5.41) is 11.4. The molecule has 0 saturated carbocycles. The average Bonchev–Trinajstić information content (AvgIpc) is 2.62. The summed E-state index contributed by atoms with van der Waals surface area (Å²) in [6, 6.07) is 0. The molecule has 0 saturated heterocycles. The summed E-state index contributed by atoms with van der Waals surface area (Å²) in [5.74, 6) is -0.935. The van der Waals surface area contributed by atoms with Crippen LogP contribution in [0.25, 0.3) is 10.3 Å². The van der Waals surface area contributed by atoms with Gasteiger partial charge in [0.25, 0.3) is 0 Å². The van der Waals surface area contributed by atoms with E-state index in [1.165, 1.54) is 14.1 Å². The zero-order valence-corrected chi connectivity index (χ0v) is 9.78. The first-order valence-electron chi connectivity index (χ1n) is 4.48. The Morgan fingerprint density at radius 1 is 1.35 bits per heavy atom. The van der Waals surface area contributed by atoms with Crippen molar-refractivity contribution < 1.29 is 9.52 Å². The molecular formula is C8H8N4O4S. The van der Waals surface area contributed by atoms with Crippen LogP contribution in [-0.2, 0) is 14.1 Å². The van der Waals surface area contributed by atoms with E-state index in [0.717, 1.165) is 20.5 Å². The van der Waals surface area contributed by atoms with Crippen LogP contribution in [0.1, 0.15) is 9.80 Å². The summed E-state index contributed by atoms with van der Waals surface area (Å²) in [5.41, 5.74) is 3.44. The second kappa shape index (κ2) is 3.42. The fourth-order valence-electron chi connectivity index (χ4n) is 1.48. The predicted octanol–water partition coefficient (Wildman–Crippen LogP) is -1.97. The Bertz CT molecular complexity index is 753. The maximum Gasteiger partial charge on any atom is 0.341 e. The van der Waals surface area contributed by atoms with E-state index in [9.17, 15) is 19.6 Å². The SMILES string of the molecule is Cn1c(=O)c2c(sc(C(N)=O)[n+]2[O-])n(C)c1=O. The number of carbonyl (C=O) groups is 1. The molecule has 2 aromatic heterocycles. The van der Waals surface area contributed by atoms with Gasteiger partial charge in [0.2, 0.25) is 0 Å². The van der Waals surface area contributed by atoms with Gasteiger partial charge in [0.1, 0.15) is 0 Å². The van der Waals surface area contributed by atoms with Gasteiger partial charge in [0.05, 0.1) is 0 Å². The number of hydrogen-bond acceptors (Lipinski definition) is 5. The molecule has 9 heteroatoms. The van der Waals surface area contributed by atoms with Crippen LogP contribution in [0.3, 0.4) is 0 Å². The minimum atomic E-state index is -0.935. The number of rotatable bonds is 1. The third kappa shape index (κ3) is 1.35. The number of carbonyl (C=O) groups excluding carboxylic acids is 1. The van der Waals surface area contributed by atoms with Gasteiger partial charge in [-0.15, -0.1) is 4.73 Å². The predicted molar refractivity (Wildman–Crippen MR) is 59.8 cm³/mol. The minimum absolute atomic E-state index is 0.127. The van der Waals surface area contributed by atoms with Gasteiger partial charge in [-0.1, -0.05) is 0 Å². The number of primary amides is 1. The highest BCUT2D eigenvalue weighted by molar-refractivity contribution is 7.19. The first kappa shape index (κ1) is 11.3. The number of amides is 1. The van der Waals surface area contributed by atoms with Crippen molar-refractivity contribution in [2.24, 2.45) is 19.8 Å². The van der Waals surface area contributed by atoms with Crippen molar-refractivity contribution in [3.63, 3.8) is 0 Å². The fourth-order valence-corrected chi connectivity index (χ4v) is 2.42. The molecular weight excluding hydrogens is 248 g/mol. The van der Waals surface area contributed by atoms with Crippen molar-refractivity contribution in [1.82, 2.24) is 9.13 Å². The standard InChI is InChI=1S/C8H8N4O4S/c1-10-5(14)3-6(11(2)8(10)15)17-7(4(9)13)12(3)16/h1-2H3,(H2,9,13). The summed E-state index contributed by atoms with van der Waals surface area (Å²) < 4.78 is 2.10. The second-order valence-electron chi connectivity index (χ2n) is 3.43. The molecule has 1 amide bonds. The van der Waals surface area contributed by atoms with Gasteiger partial charge < -0.3 is 10.9 Å². The summed E-state index contributed by atoms with van der Waals surface area (Å²) in [6.45, 7) is 0. The van der Waals surface area contributed by atoms with Crippen molar-refractivity contribution in [2.75, 3.05) is 0 Å². The number of hydrogen-bond donors (Lipinski definition) is 1. The lowest BCUT2D eigenvalue weighted by molar-refractivity contribution is -0.575. The van der Waals surface area contributed by atoms with Crippen molar-refractivity contribution in [3.05, 3.63) is 31.1 Å². The Balaban J connectivity index is 3.14. The van der Waals surface area contributed by atoms with Crippen LogP contribution >= 0.6 is 11.3 Å². The van der Waals surface area contributed by atoms with Gasteiger partial charge in [0, 0.05) is 14.1 Å². The number of nitrogens with two attached hydrogens (primary N) is 1. The topological polar surface area (TPSA) is 114 Å². The molecule has 0 unspecified atom stereocenters. The molecule has 2 N–H and O–H groups in total. The van der Waals surface area contributed by atoms with Crippen LogP contribution in [0.2, 0.25) is 0 Å². The normalized spacial score (nSPS) is 10.9. The molecule has 0 aliphatic rings. The van der Waals surface area contributed by atoms with E-state index in [0.29, 0.717) is 0 Å². The molecule has 0 aromatic carbocycles. The molecule has 8 nitrogen and oxygen atoms in total. The molecule has 0 aliphatic carbocycles. The summed E-state index contributed by atoms with van der Waals surface area (Å²) >= 11 is 0.721. The zero-order chi connectivity index (χ0) is 12.9. The van der Waals surface area contributed by atoms with Crippen molar-refractivity contribution >= 4 is 27.6 Å². The van der Waals surface area contributed by atoms with E-state index in [1.807, 2.05) is 0 Å². The first-order chi connectivity index (χ1) is 7.86. The van der Waals surface area contributed by atoms with E-state index < -0.39 is 17.2 Å². The lowest BCUT2D eigenvalue weighted by Crippen LogP contribution is -2.43. The molecule has 90 valence electrons. The van der Waals surface area contributed by atoms with Crippen molar-refractivity contribution in [3.8, 4) is 0 Å². The molecule has 0 bridgehead atoms. The highest BCUT2D eigenvalue weighted by Crippen LogP contribution is 2.14. The van der Waals surface area contributed by atoms with Gasteiger partial charge in [-0.2, -0.15) is 0 Å². The van der Waals surface area contributed by atoms with Gasteiger partial charge in [-0.3, -0.25) is 18.7 Å². The molecule has 2 rings (SSSR count). The van der Waals surface area contributed by atoms with Crippen LogP contribution in [-0.4, -0.2) is 15.0 Å². The number of thiazole rings is 1. The highest BCUT2D eigenvalue weighted by atomic mass is 32.1. The maximum absolute atomic E-state index is 11.7. The summed E-state index contributed by atoms with van der Waals surface area (Å²) in [6.07, 6.45) is 0. The second-order valence-corrected chi connectivity index (χ2v) is 4.40. The Morgan fingerprint density at radius 3 is 2.47 bits per heavy atom. The minimum Gasteiger partial charge on any atom is -0.617 e. The van der Waals surface area contributed by atoms with E-state index >= 15 is 0 Å². The van der Waals surface area contributed by atoms with Gasteiger partial charge in [0.15, 0.2) is 4.83 Å². The van der Waals surface area contributed by atoms with Crippen LogP contribution < -0.4 is 21.7 Å². The van der Waals surface area contributed by atoms with E-state index in [2.05, 4.69) is 0 Å². The molecule has 0 fully saturated rings. The fraction of sp³-hybridized carbons (Fsp3) is 0.250. The van der Waals surface area contributed by atoms with Gasteiger partial charge >= 0.3 is 27.7 Å². The smallest absolute Gasteiger partial charge is 0.341 e. The molecule has 0 aliphatic heterocycles. The van der Waals surface area contributed by atoms with Crippen LogP contribution in [0.4, 0.5) is 0 Å². The zero-order valence-electron chi connectivity index (χ0n) is 8.96. The van der Waals surface area contributed by atoms with Crippen molar-refractivity contribution in [2.45, 2.75) is 0 Å². The molecule has 2 heterocycles. The molecule has 0 atom stereocenters. The number of aromatic nitrogens is 3. The monoisotopic (exact) mass is 256 g/mol. The highest BCUT2D eigenvalue weighted by Gasteiger charge is 2.26. The largest absolute Gasteiger partial charge is 0.617 e. The van der Waals surface area contributed by atoms with Crippen LogP contribution in [0.5, 0.6) is 0 Å². The van der Waals surface area contributed by atoms with Crippen LogP contribution in [0.15, 0.2) is 9.59 Å². The van der Waals surface area contributed by atoms with Crippen molar-refractivity contribution in [1.29, 1.82) is 0 Å². The Hall–Kier alpha value is -2.16. The number of nitrogens with zero attached hydrogens (tertiary/aromatic N) is 3. The van der Waals surface area contributed by atoms with Gasteiger partial charge in [-0.25, -0.2) is 4.79 Å². The lowest BCUT2D eigenvalue weighted by atomic mass is 10.5. The van der Waals surface area contributed by atoms with E-state index in [1.54, 1.807) is 0 Å².